The van der Waals surface area contributed by atoms with E-state index >= 15 is 0 Å². The van der Waals surface area contributed by atoms with E-state index in [-0.39, 0.29) is 11.2 Å². The summed E-state index contributed by atoms with van der Waals surface area (Å²) < 4.78 is 3.41. The number of aromatic nitrogens is 4. The van der Waals surface area contributed by atoms with Crippen LogP contribution >= 0.6 is 0 Å². The van der Waals surface area contributed by atoms with E-state index in [1.807, 2.05) is 30.3 Å². The van der Waals surface area contributed by atoms with Crippen LogP contribution in [0, 0.1) is 5.41 Å². The van der Waals surface area contributed by atoms with E-state index < -0.39 is 0 Å². The molecule has 1 aromatic carbocycles. The molecule has 3 aromatic rings. The molecule has 2 N–H and O–H groups in total. The maximum atomic E-state index is 12.3. The summed E-state index contributed by atoms with van der Waals surface area (Å²) in [5.74, 6) is 0. The normalized spacial score (nSPS) is 11.1. The van der Waals surface area contributed by atoms with Gasteiger partial charge in [-0.05, 0) is 5.56 Å². The summed E-state index contributed by atoms with van der Waals surface area (Å²) in [6, 6.07) is 9.47. The highest BCUT2D eigenvalue weighted by Gasteiger charge is 2.15. The van der Waals surface area contributed by atoms with Gasteiger partial charge in [-0.1, -0.05) is 30.3 Å². The Morgan fingerprint density at radius 3 is 2.70 bits per heavy atom. The van der Waals surface area contributed by atoms with Gasteiger partial charge in [-0.3, -0.25) is 14.5 Å². The number of hydrogen-bond acceptors (Lipinski definition) is 4. The number of fused-ring (bicyclic) bond motifs is 1. The first-order chi connectivity index (χ1) is 9.59. The second-order valence-corrected chi connectivity index (χ2v) is 4.52. The lowest BCUT2D eigenvalue weighted by molar-refractivity contribution is 0.168. The molecule has 2 heterocycles. The quantitative estimate of drug-likeness (QED) is 0.657. The molecule has 0 saturated carbocycles. The molecule has 0 aliphatic heterocycles. The van der Waals surface area contributed by atoms with E-state index in [4.69, 9.17) is 5.41 Å². The van der Waals surface area contributed by atoms with Crippen molar-refractivity contribution in [1.29, 1.82) is 5.41 Å². The molecule has 3 rings (SSSR count). The van der Waals surface area contributed by atoms with Gasteiger partial charge in [0.25, 0.3) is 0 Å². The second kappa shape index (κ2) is 4.37. The molecule has 2 aromatic heterocycles. The van der Waals surface area contributed by atoms with Crippen LogP contribution in [-0.2, 0) is 13.6 Å². The molecule has 0 fully saturated rings. The lowest BCUT2D eigenvalue weighted by atomic mass is 10.2. The fourth-order valence-corrected chi connectivity index (χ4v) is 2.22. The van der Waals surface area contributed by atoms with E-state index in [0.29, 0.717) is 22.4 Å². The predicted molar refractivity (Wildman–Crippen MR) is 71.5 cm³/mol. The highest BCUT2D eigenvalue weighted by molar-refractivity contribution is 5.69. The smallest absolute Gasteiger partial charge is 0.330 e. The van der Waals surface area contributed by atoms with Crippen molar-refractivity contribution in [3.63, 3.8) is 0 Å². The predicted octanol–water partition coefficient (Wildman–Crippen LogP) is 0.302. The fourth-order valence-electron chi connectivity index (χ4n) is 2.22. The van der Waals surface area contributed by atoms with Crippen LogP contribution in [-0.4, -0.2) is 24.1 Å². The van der Waals surface area contributed by atoms with Crippen LogP contribution in [0.25, 0.3) is 11.2 Å². The summed E-state index contributed by atoms with van der Waals surface area (Å²) in [4.78, 5) is 16.3. The van der Waals surface area contributed by atoms with Crippen molar-refractivity contribution in [2.45, 2.75) is 6.54 Å². The maximum Gasteiger partial charge on any atom is 0.330 e. The summed E-state index contributed by atoms with van der Waals surface area (Å²) in [7, 11) is 1.60. The zero-order chi connectivity index (χ0) is 14.3. The Balaban J connectivity index is 2.30. The fraction of sp³-hybridized carbons (Fsp3) is 0.154. The van der Waals surface area contributed by atoms with Gasteiger partial charge < -0.3 is 5.21 Å². The highest BCUT2D eigenvalue weighted by Crippen LogP contribution is 2.07. The Morgan fingerprint density at radius 2 is 2.00 bits per heavy atom. The number of nitrogens with zero attached hydrogens (tertiary/aromatic N) is 4. The minimum Gasteiger partial charge on any atom is -0.425 e. The van der Waals surface area contributed by atoms with E-state index in [2.05, 4.69) is 4.98 Å². The average Bonchev–Trinajstić information content (AvgIpc) is 2.70. The molecule has 0 saturated heterocycles. The molecular formula is C13H13N5O2. The Bertz CT molecular complexity index is 889. The first-order valence-electron chi connectivity index (χ1n) is 6.04. The van der Waals surface area contributed by atoms with Gasteiger partial charge in [-0.2, -0.15) is 4.73 Å². The van der Waals surface area contributed by atoms with Crippen LogP contribution in [0.3, 0.4) is 0 Å². The Kier molecular flexibility index (Phi) is 2.67. The number of hydrogen-bond donors (Lipinski definition) is 2. The van der Waals surface area contributed by atoms with Gasteiger partial charge in [-0.15, -0.1) is 0 Å². The van der Waals surface area contributed by atoms with Gasteiger partial charge in [0.15, 0.2) is 11.1 Å². The lowest BCUT2D eigenvalue weighted by Crippen LogP contribution is -2.25. The molecule has 7 heteroatoms. The highest BCUT2D eigenvalue weighted by atomic mass is 16.5. The molecule has 0 bridgehead atoms. The zero-order valence-corrected chi connectivity index (χ0v) is 10.8. The van der Waals surface area contributed by atoms with Gasteiger partial charge in [0.2, 0.25) is 0 Å². The third-order valence-electron chi connectivity index (χ3n) is 3.24. The van der Waals surface area contributed by atoms with Gasteiger partial charge in [-0.25, -0.2) is 9.78 Å². The van der Waals surface area contributed by atoms with Crippen LogP contribution in [0.5, 0.6) is 0 Å². The summed E-state index contributed by atoms with van der Waals surface area (Å²) in [5, 5.41) is 17.5. The van der Waals surface area contributed by atoms with Crippen molar-refractivity contribution in [3.8, 4) is 0 Å². The standard InChI is InChI=1S/C13H13N5O2/c1-16-12-10(11(14)18(20)8-15-12)17(13(16)19)7-9-5-3-2-4-6-9/h2-6,8,14,20H,7H2,1H3. The van der Waals surface area contributed by atoms with E-state index in [9.17, 15) is 10.0 Å². The van der Waals surface area contributed by atoms with Crippen LogP contribution < -0.4 is 11.2 Å². The molecule has 20 heavy (non-hydrogen) atoms. The molecule has 0 unspecified atom stereocenters. The lowest BCUT2D eigenvalue weighted by Gasteiger charge is -2.04. The molecule has 0 aliphatic rings. The maximum absolute atomic E-state index is 12.3. The van der Waals surface area contributed by atoms with Crippen LogP contribution in [0.4, 0.5) is 0 Å². The third kappa shape index (κ3) is 1.71. The van der Waals surface area contributed by atoms with Crippen molar-refractivity contribution in [2.24, 2.45) is 7.05 Å². The molecule has 102 valence electrons. The Hall–Kier alpha value is -2.83. The summed E-state index contributed by atoms with van der Waals surface area (Å²) in [5.41, 5.74) is 1.20. The number of imidazole rings is 1. The first kappa shape index (κ1) is 12.2. The van der Waals surface area contributed by atoms with E-state index in [1.54, 1.807) is 7.05 Å². The van der Waals surface area contributed by atoms with Crippen molar-refractivity contribution in [2.75, 3.05) is 0 Å². The van der Waals surface area contributed by atoms with Gasteiger partial charge in [0, 0.05) is 7.05 Å². The number of rotatable bonds is 2. The van der Waals surface area contributed by atoms with Gasteiger partial charge >= 0.3 is 5.69 Å². The molecular weight excluding hydrogens is 258 g/mol. The number of nitrogens with one attached hydrogen (secondary N) is 1. The topological polar surface area (TPSA) is 88.8 Å². The van der Waals surface area contributed by atoms with Gasteiger partial charge in [0.05, 0.1) is 6.54 Å². The number of aryl methyl sites for hydroxylation is 1. The van der Waals surface area contributed by atoms with Crippen molar-refractivity contribution >= 4 is 11.2 Å². The van der Waals surface area contributed by atoms with E-state index in [0.717, 1.165) is 11.9 Å². The SMILES string of the molecule is Cn1c(=O)n(Cc2ccccc2)c2c(=N)n(O)cnc21. The zero-order valence-electron chi connectivity index (χ0n) is 10.8. The Morgan fingerprint density at radius 1 is 1.30 bits per heavy atom. The Labute approximate surface area is 113 Å². The number of benzene rings is 1. The molecule has 0 amide bonds. The molecule has 0 radical (unpaired) electrons. The second-order valence-electron chi connectivity index (χ2n) is 4.52. The van der Waals surface area contributed by atoms with Crippen molar-refractivity contribution in [3.05, 3.63) is 58.2 Å². The van der Waals surface area contributed by atoms with Crippen LogP contribution in [0.1, 0.15) is 5.56 Å². The third-order valence-corrected chi connectivity index (χ3v) is 3.24. The summed E-state index contributed by atoms with van der Waals surface area (Å²) in [6.07, 6.45) is 1.11. The average molecular weight is 271 g/mol. The molecule has 7 nitrogen and oxygen atoms in total. The summed E-state index contributed by atoms with van der Waals surface area (Å²) >= 11 is 0. The molecule has 0 spiro atoms. The summed E-state index contributed by atoms with van der Waals surface area (Å²) in [6.45, 7) is 0.328. The minimum atomic E-state index is -0.268. The van der Waals surface area contributed by atoms with Crippen LogP contribution in [0.15, 0.2) is 41.5 Å². The van der Waals surface area contributed by atoms with Crippen molar-refractivity contribution in [1.82, 2.24) is 18.8 Å². The monoisotopic (exact) mass is 271 g/mol. The largest absolute Gasteiger partial charge is 0.425 e. The molecule has 0 atom stereocenters. The van der Waals surface area contributed by atoms with Crippen molar-refractivity contribution < 1.29 is 5.21 Å². The first-order valence-corrected chi connectivity index (χ1v) is 6.04. The molecule has 0 aliphatic carbocycles. The van der Waals surface area contributed by atoms with E-state index in [1.165, 1.54) is 9.13 Å². The van der Waals surface area contributed by atoms with Crippen LogP contribution in [0.2, 0.25) is 0 Å². The minimum absolute atomic E-state index is 0.163. The van der Waals surface area contributed by atoms with Gasteiger partial charge in [0.1, 0.15) is 11.8 Å².